The van der Waals surface area contributed by atoms with Crippen molar-refractivity contribution in [2.45, 2.75) is 31.6 Å². The third kappa shape index (κ3) is 1.84. The fraction of sp³-hybridized carbons (Fsp3) is 0.900. The first-order valence-corrected chi connectivity index (χ1v) is 5.61. The van der Waals surface area contributed by atoms with Gasteiger partial charge in [-0.15, -0.1) is 11.6 Å². The molecule has 0 radical (unpaired) electrons. The van der Waals surface area contributed by atoms with E-state index in [-0.39, 0.29) is 17.9 Å². The third-order valence-corrected chi connectivity index (χ3v) is 3.74. The van der Waals surface area contributed by atoms with Gasteiger partial charge in [-0.2, -0.15) is 0 Å². The Kier molecular flexibility index (Phi) is 2.65. The molecular weight excluding hydrogens is 224 g/mol. The van der Waals surface area contributed by atoms with Crippen molar-refractivity contribution in [2.24, 2.45) is 11.3 Å². The number of likely N-dealkylation sites (tertiary alicyclic amines) is 1. The van der Waals surface area contributed by atoms with Crippen molar-refractivity contribution < 1.29 is 13.6 Å². The maximum atomic E-state index is 12.7. The SMILES string of the molecule is CC(Cl)C(=O)N1CC(C(F)F)C2(CC2)C1. The molecule has 2 rings (SSSR count). The normalized spacial score (nSPS) is 29.9. The number of nitrogens with zero attached hydrogens (tertiary/aromatic N) is 1. The molecule has 0 N–H and O–H groups in total. The van der Waals surface area contributed by atoms with Gasteiger partial charge < -0.3 is 4.90 Å². The molecule has 1 aliphatic carbocycles. The molecule has 2 nitrogen and oxygen atoms in total. The lowest BCUT2D eigenvalue weighted by atomic mass is 9.93. The molecule has 1 saturated carbocycles. The zero-order valence-corrected chi connectivity index (χ0v) is 9.31. The summed E-state index contributed by atoms with van der Waals surface area (Å²) >= 11 is 5.67. The van der Waals surface area contributed by atoms with Crippen LogP contribution in [0.2, 0.25) is 0 Å². The molecule has 0 bridgehead atoms. The predicted octanol–water partition coefficient (Wildman–Crippen LogP) is 2.12. The van der Waals surface area contributed by atoms with Crippen LogP contribution in [0.5, 0.6) is 0 Å². The highest BCUT2D eigenvalue weighted by molar-refractivity contribution is 6.30. The molecule has 1 saturated heterocycles. The van der Waals surface area contributed by atoms with Crippen LogP contribution in [0.3, 0.4) is 0 Å². The van der Waals surface area contributed by atoms with E-state index in [1.807, 2.05) is 0 Å². The van der Waals surface area contributed by atoms with Crippen molar-refractivity contribution in [3.05, 3.63) is 0 Å². The standard InChI is InChI=1S/C10H14ClF2NO/c1-6(11)9(15)14-4-7(8(12)13)10(5-14)2-3-10/h6-8H,2-5H2,1H3. The number of carbonyl (C=O) groups excluding carboxylic acids is 1. The second-order valence-corrected chi connectivity index (χ2v) is 5.29. The Morgan fingerprint density at radius 1 is 1.53 bits per heavy atom. The van der Waals surface area contributed by atoms with Gasteiger partial charge in [0.2, 0.25) is 12.3 Å². The lowest BCUT2D eigenvalue weighted by Crippen LogP contribution is -2.34. The van der Waals surface area contributed by atoms with E-state index < -0.39 is 17.7 Å². The molecule has 5 heteroatoms. The first-order chi connectivity index (χ1) is 6.96. The number of hydrogen-bond donors (Lipinski definition) is 0. The summed E-state index contributed by atoms with van der Waals surface area (Å²) in [5.41, 5.74) is -0.282. The van der Waals surface area contributed by atoms with Crippen LogP contribution in [0.15, 0.2) is 0 Å². The van der Waals surface area contributed by atoms with Gasteiger partial charge in [0, 0.05) is 19.0 Å². The molecule has 1 aliphatic heterocycles. The molecule has 2 unspecified atom stereocenters. The summed E-state index contributed by atoms with van der Waals surface area (Å²) in [5.74, 6) is -0.858. The first kappa shape index (κ1) is 11.1. The number of alkyl halides is 3. The van der Waals surface area contributed by atoms with E-state index >= 15 is 0 Å². The molecule has 0 aromatic carbocycles. The number of rotatable bonds is 2. The topological polar surface area (TPSA) is 20.3 Å². The zero-order chi connectivity index (χ0) is 11.2. The first-order valence-electron chi connectivity index (χ1n) is 5.17. The minimum Gasteiger partial charge on any atom is -0.340 e. The molecule has 86 valence electrons. The Morgan fingerprint density at radius 3 is 2.47 bits per heavy atom. The number of halogens is 3. The van der Waals surface area contributed by atoms with Gasteiger partial charge in [-0.25, -0.2) is 8.78 Å². The van der Waals surface area contributed by atoms with Crippen LogP contribution in [0.1, 0.15) is 19.8 Å². The maximum Gasteiger partial charge on any atom is 0.243 e. The van der Waals surface area contributed by atoms with Crippen LogP contribution in [-0.2, 0) is 4.79 Å². The van der Waals surface area contributed by atoms with E-state index in [9.17, 15) is 13.6 Å². The summed E-state index contributed by atoms with van der Waals surface area (Å²) < 4.78 is 25.5. The minimum absolute atomic E-state index is 0.174. The third-order valence-electron chi connectivity index (χ3n) is 3.56. The fourth-order valence-electron chi connectivity index (χ4n) is 2.45. The van der Waals surface area contributed by atoms with Gasteiger partial charge in [0.05, 0.1) is 0 Å². The average molecular weight is 238 g/mol. The minimum atomic E-state index is -2.32. The second-order valence-electron chi connectivity index (χ2n) is 4.64. The summed E-state index contributed by atoms with van der Waals surface area (Å²) in [4.78, 5) is 13.1. The van der Waals surface area contributed by atoms with Crippen molar-refractivity contribution in [3.63, 3.8) is 0 Å². The Morgan fingerprint density at radius 2 is 2.13 bits per heavy atom. The summed E-state index contributed by atoms with van der Waals surface area (Å²) in [7, 11) is 0. The van der Waals surface area contributed by atoms with Crippen LogP contribution >= 0.6 is 11.6 Å². The van der Waals surface area contributed by atoms with Crippen LogP contribution < -0.4 is 0 Å². The summed E-state index contributed by atoms with van der Waals surface area (Å²) in [6, 6.07) is 0. The quantitative estimate of drug-likeness (QED) is 0.674. The molecule has 2 aliphatic rings. The van der Waals surface area contributed by atoms with Gasteiger partial charge in [0.1, 0.15) is 5.38 Å². The van der Waals surface area contributed by atoms with Crippen molar-refractivity contribution in [2.75, 3.05) is 13.1 Å². The van der Waals surface area contributed by atoms with Crippen molar-refractivity contribution in [1.29, 1.82) is 0 Å². The van der Waals surface area contributed by atoms with Gasteiger partial charge in [-0.3, -0.25) is 4.79 Å². The second kappa shape index (κ2) is 3.58. The molecule has 1 spiro atoms. The van der Waals surface area contributed by atoms with Crippen molar-refractivity contribution in [1.82, 2.24) is 4.90 Å². The largest absolute Gasteiger partial charge is 0.340 e. The molecular formula is C10H14ClF2NO. The van der Waals surface area contributed by atoms with E-state index in [0.717, 1.165) is 12.8 Å². The Labute approximate surface area is 92.6 Å². The van der Waals surface area contributed by atoms with E-state index in [4.69, 9.17) is 11.6 Å². The number of hydrogen-bond acceptors (Lipinski definition) is 1. The molecule has 15 heavy (non-hydrogen) atoms. The Balaban J connectivity index is 2.06. The highest BCUT2D eigenvalue weighted by Gasteiger charge is 2.59. The monoisotopic (exact) mass is 237 g/mol. The molecule has 2 atom stereocenters. The highest BCUT2D eigenvalue weighted by atomic mass is 35.5. The smallest absolute Gasteiger partial charge is 0.243 e. The molecule has 0 aromatic heterocycles. The van der Waals surface area contributed by atoms with Crippen LogP contribution in [0.4, 0.5) is 8.78 Å². The lowest BCUT2D eigenvalue weighted by molar-refractivity contribution is -0.129. The molecule has 1 heterocycles. The van der Waals surface area contributed by atoms with Gasteiger partial charge in [-0.1, -0.05) is 0 Å². The highest BCUT2D eigenvalue weighted by Crippen LogP contribution is 2.58. The van der Waals surface area contributed by atoms with Gasteiger partial charge in [-0.05, 0) is 25.2 Å². The van der Waals surface area contributed by atoms with Crippen LogP contribution in [0.25, 0.3) is 0 Å². The van der Waals surface area contributed by atoms with E-state index in [1.165, 1.54) is 4.90 Å². The van der Waals surface area contributed by atoms with Crippen LogP contribution in [0, 0.1) is 11.3 Å². The van der Waals surface area contributed by atoms with Gasteiger partial charge in [0.25, 0.3) is 0 Å². The zero-order valence-electron chi connectivity index (χ0n) is 8.55. The average Bonchev–Trinajstić information content (AvgIpc) is 2.77. The summed E-state index contributed by atoms with van der Waals surface area (Å²) in [5, 5.41) is -0.614. The fourth-order valence-corrected chi connectivity index (χ4v) is 2.59. The maximum absolute atomic E-state index is 12.7. The van der Waals surface area contributed by atoms with E-state index in [1.54, 1.807) is 6.92 Å². The van der Waals surface area contributed by atoms with Crippen LogP contribution in [-0.4, -0.2) is 35.7 Å². The van der Waals surface area contributed by atoms with Crippen molar-refractivity contribution >= 4 is 17.5 Å². The van der Waals surface area contributed by atoms with E-state index in [2.05, 4.69) is 0 Å². The Bertz CT molecular complexity index is 279. The van der Waals surface area contributed by atoms with Gasteiger partial charge in [0.15, 0.2) is 0 Å². The number of carbonyl (C=O) groups is 1. The lowest BCUT2D eigenvalue weighted by Gasteiger charge is -2.17. The molecule has 2 fully saturated rings. The molecule has 0 aromatic rings. The Hall–Kier alpha value is -0.380. The van der Waals surface area contributed by atoms with Crippen molar-refractivity contribution in [3.8, 4) is 0 Å². The predicted molar refractivity (Wildman–Crippen MR) is 53.1 cm³/mol. The van der Waals surface area contributed by atoms with Gasteiger partial charge >= 0.3 is 0 Å². The number of amides is 1. The summed E-state index contributed by atoms with van der Waals surface area (Å²) in [6.07, 6.45) is -0.679. The summed E-state index contributed by atoms with van der Waals surface area (Å²) in [6.45, 7) is 2.23. The van der Waals surface area contributed by atoms with E-state index in [0.29, 0.717) is 6.54 Å². The molecule has 1 amide bonds.